The van der Waals surface area contributed by atoms with Crippen molar-refractivity contribution in [2.75, 3.05) is 13.7 Å². The van der Waals surface area contributed by atoms with Gasteiger partial charge >= 0.3 is 0 Å². The molecule has 19 heavy (non-hydrogen) atoms. The summed E-state index contributed by atoms with van der Waals surface area (Å²) in [5.74, 6) is 0.912. The lowest BCUT2D eigenvalue weighted by atomic mass is 10.1. The number of nitrogens with two attached hydrogens (primary N) is 1. The van der Waals surface area contributed by atoms with Gasteiger partial charge in [0.05, 0.1) is 12.8 Å². The molecule has 0 aliphatic rings. The summed E-state index contributed by atoms with van der Waals surface area (Å²) in [7, 11) is 1.55. The Morgan fingerprint density at radius 3 is 2.74 bits per heavy atom. The van der Waals surface area contributed by atoms with Crippen LogP contribution >= 0.6 is 0 Å². The number of ether oxygens (including phenoxy) is 1. The van der Waals surface area contributed by atoms with E-state index in [0.29, 0.717) is 35.8 Å². The van der Waals surface area contributed by atoms with Gasteiger partial charge in [-0.25, -0.2) is 14.4 Å². The number of benzene rings is 1. The first-order valence-corrected chi connectivity index (χ1v) is 6.02. The van der Waals surface area contributed by atoms with Gasteiger partial charge in [0, 0.05) is 17.7 Å². The van der Waals surface area contributed by atoms with E-state index in [2.05, 4.69) is 9.97 Å². The molecule has 0 unspecified atom stereocenters. The predicted molar refractivity (Wildman–Crippen MR) is 71.5 cm³/mol. The fourth-order valence-corrected chi connectivity index (χ4v) is 1.89. The summed E-state index contributed by atoms with van der Waals surface area (Å²) >= 11 is 0. The Morgan fingerprint density at radius 1 is 1.26 bits per heavy atom. The van der Waals surface area contributed by atoms with Gasteiger partial charge in [-0.15, -0.1) is 0 Å². The summed E-state index contributed by atoms with van der Waals surface area (Å²) in [6.45, 7) is 2.35. The molecule has 0 fully saturated rings. The molecule has 0 spiro atoms. The smallest absolute Gasteiger partial charge is 0.130 e. The van der Waals surface area contributed by atoms with Crippen LogP contribution in [0.25, 0.3) is 11.3 Å². The molecule has 0 radical (unpaired) electrons. The Labute approximate surface area is 111 Å². The molecule has 0 atom stereocenters. The lowest BCUT2D eigenvalue weighted by Gasteiger charge is -2.10. The highest BCUT2D eigenvalue weighted by Gasteiger charge is 2.11. The summed E-state index contributed by atoms with van der Waals surface area (Å²) in [4.78, 5) is 8.71. The van der Waals surface area contributed by atoms with Gasteiger partial charge in [0.2, 0.25) is 0 Å². The normalized spacial score (nSPS) is 10.5. The molecule has 0 amide bonds. The van der Waals surface area contributed by atoms with Crippen LogP contribution in [0.5, 0.6) is 5.75 Å². The fourth-order valence-electron chi connectivity index (χ4n) is 1.89. The molecule has 0 saturated carbocycles. The van der Waals surface area contributed by atoms with Crippen LogP contribution in [0.4, 0.5) is 4.39 Å². The van der Waals surface area contributed by atoms with Gasteiger partial charge in [0.25, 0.3) is 0 Å². The fraction of sp³-hybridized carbons (Fsp3) is 0.286. The number of aryl methyl sites for hydroxylation is 1. The predicted octanol–water partition coefficient (Wildman–Crippen LogP) is 2.10. The molecule has 0 aliphatic carbocycles. The van der Waals surface area contributed by atoms with Gasteiger partial charge in [0.15, 0.2) is 0 Å². The van der Waals surface area contributed by atoms with Crippen LogP contribution in [-0.2, 0) is 6.42 Å². The zero-order valence-corrected chi connectivity index (χ0v) is 11.0. The van der Waals surface area contributed by atoms with Crippen molar-refractivity contribution >= 4 is 0 Å². The summed E-state index contributed by atoms with van der Waals surface area (Å²) < 4.78 is 18.6. The topological polar surface area (TPSA) is 61.0 Å². The van der Waals surface area contributed by atoms with Gasteiger partial charge in [-0.1, -0.05) is 0 Å². The van der Waals surface area contributed by atoms with Crippen molar-refractivity contribution < 1.29 is 9.13 Å². The number of nitrogens with zero attached hydrogens (tertiary/aromatic N) is 2. The third-order valence-corrected chi connectivity index (χ3v) is 2.71. The lowest BCUT2D eigenvalue weighted by Crippen LogP contribution is -2.08. The summed E-state index contributed by atoms with van der Waals surface area (Å²) in [6.07, 6.45) is 0.590. The van der Waals surface area contributed by atoms with Crippen LogP contribution in [0.2, 0.25) is 0 Å². The summed E-state index contributed by atoms with van der Waals surface area (Å²) in [5.41, 5.74) is 7.60. The molecule has 1 aromatic heterocycles. The average Bonchev–Trinajstić information content (AvgIpc) is 2.38. The van der Waals surface area contributed by atoms with Gasteiger partial charge in [-0.3, -0.25) is 0 Å². The van der Waals surface area contributed by atoms with E-state index in [-0.39, 0.29) is 5.82 Å². The molecular formula is C14H16FN3O. The van der Waals surface area contributed by atoms with Gasteiger partial charge in [0.1, 0.15) is 17.4 Å². The number of hydrogen-bond acceptors (Lipinski definition) is 4. The van der Waals surface area contributed by atoms with Crippen LogP contribution in [0.15, 0.2) is 24.3 Å². The lowest BCUT2D eigenvalue weighted by molar-refractivity contribution is 0.415. The van der Waals surface area contributed by atoms with Gasteiger partial charge in [-0.05, 0) is 37.7 Å². The molecule has 4 nitrogen and oxygen atoms in total. The van der Waals surface area contributed by atoms with E-state index >= 15 is 0 Å². The van der Waals surface area contributed by atoms with Crippen molar-refractivity contribution in [1.29, 1.82) is 0 Å². The first-order chi connectivity index (χ1) is 9.13. The molecule has 100 valence electrons. The third kappa shape index (κ3) is 3.06. The zero-order chi connectivity index (χ0) is 13.8. The van der Waals surface area contributed by atoms with Gasteiger partial charge in [-0.2, -0.15) is 0 Å². The highest BCUT2D eigenvalue weighted by Crippen LogP contribution is 2.29. The molecule has 5 heteroatoms. The van der Waals surface area contributed by atoms with Crippen molar-refractivity contribution in [2.45, 2.75) is 13.3 Å². The molecule has 2 aromatic rings. The molecule has 0 saturated heterocycles. The second-order valence-electron chi connectivity index (χ2n) is 4.19. The van der Waals surface area contributed by atoms with E-state index in [9.17, 15) is 4.39 Å². The monoisotopic (exact) mass is 261 g/mol. The molecule has 0 aliphatic heterocycles. The van der Waals surface area contributed by atoms with Crippen LogP contribution in [-0.4, -0.2) is 23.6 Å². The minimum atomic E-state index is -0.326. The van der Waals surface area contributed by atoms with E-state index < -0.39 is 0 Å². The van der Waals surface area contributed by atoms with Crippen molar-refractivity contribution in [2.24, 2.45) is 5.73 Å². The largest absolute Gasteiger partial charge is 0.496 e. The van der Waals surface area contributed by atoms with Crippen LogP contribution in [0, 0.1) is 12.7 Å². The quantitative estimate of drug-likeness (QED) is 0.915. The van der Waals surface area contributed by atoms with Crippen LogP contribution in [0.3, 0.4) is 0 Å². The van der Waals surface area contributed by atoms with Crippen molar-refractivity contribution in [3.8, 4) is 17.0 Å². The Bertz CT molecular complexity index is 587. The molecule has 2 rings (SSSR count). The number of methoxy groups -OCH3 is 1. The van der Waals surface area contributed by atoms with Crippen molar-refractivity contribution in [3.63, 3.8) is 0 Å². The Kier molecular flexibility index (Phi) is 4.06. The van der Waals surface area contributed by atoms with E-state index in [1.807, 2.05) is 6.92 Å². The first-order valence-electron chi connectivity index (χ1n) is 6.02. The average molecular weight is 261 g/mol. The summed E-state index contributed by atoms with van der Waals surface area (Å²) in [5, 5.41) is 0. The number of hydrogen-bond donors (Lipinski definition) is 1. The second-order valence-corrected chi connectivity index (χ2v) is 4.19. The molecular weight excluding hydrogens is 245 g/mol. The number of rotatable bonds is 4. The number of halogens is 1. The number of aromatic nitrogens is 2. The second kappa shape index (κ2) is 5.75. The highest BCUT2D eigenvalue weighted by atomic mass is 19.1. The molecule has 1 heterocycles. The Morgan fingerprint density at radius 2 is 2.05 bits per heavy atom. The van der Waals surface area contributed by atoms with E-state index in [4.69, 9.17) is 10.5 Å². The van der Waals surface area contributed by atoms with E-state index in [1.165, 1.54) is 12.1 Å². The molecule has 0 bridgehead atoms. The van der Waals surface area contributed by atoms with E-state index in [0.717, 1.165) is 5.69 Å². The maximum absolute atomic E-state index is 13.4. The zero-order valence-electron chi connectivity index (χ0n) is 11.0. The maximum atomic E-state index is 13.4. The van der Waals surface area contributed by atoms with Gasteiger partial charge < -0.3 is 10.5 Å². The highest BCUT2D eigenvalue weighted by molar-refractivity contribution is 5.67. The summed E-state index contributed by atoms with van der Waals surface area (Å²) in [6, 6.07) is 6.16. The first kappa shape index (κ1) is 13.4. The standard InChI is InChI=1S/C14H16FN3O/c1-9-7-12(18-14(17-9)5-6-16)11-8-10(15)3-4-13(11)19-2/h3-4,7-8H,5-6,16H2,1-2H3. The van der Waals surface area contributed by atoms with Crippen LogP contribution < -0.4 is 10.5 Å². The third-order valence-electron chi connectivity index (χ3n) is 2.71. The minimum Gasteiger partial charge on any atom is -0.496 e. The maximum Gasteiger partial charge on any atom is 0.130 e. The molecule has 1 aromatic carbocycles. The van der Waals surface area contributed by atoms with Crippen molar-refractivity contribution in [1.82, 2.24) is 9.97 Å². The SMILES string of the molecule is COc1ccc(F)cc1-c1cc(C)nc(CCN)n1. The van der Waals surface area contributed by atoms with E-state index in [1.54, 1.807) is 19.2 Å². The minimum absolute atomic E-state index is 0.326. The Hall–Kier alpha value is -2.01. The molecule has 2 N–H and O–H groups in total. The van der Waals surface area contributed by atoms with Crippen molar-refractivity contribution in [3.05, 3.63) is 41.6 Å². The van der Waals surface area contributed by atoms with Crippen LogP contribution in [0.1, 0.15) is 11.5 Å². The Balaban J connectivity index is 2.54.